The number of halogens is 1. The van der Waals surface area contributed by atoms with E-state index in [1.54, 1.807) is 42.6 Å². The molecule has 0 bridgehead atoms. The molecule has 5 nitrogen and oxygen atoms in total. The number of aryl methyl sites for hydroxylation is 1. The van der Waals surface area contributed by atoms with Crippen molar-refractivity contribution in [3.63, 3.8) is 0 Å². The summed E-state index contributed by atoms with van der Waals surface area (Å²) in [5.74, 6) is -0.151. The molecule has 0 saturated heterocycles. The Morgan fingerprint density at radius 2 is 1.95 bits per heavy atom. The molecule has 3 N–H and O–H groups in total. The first-order valence-corrected chi connectivity index (χ1v) is 6.86. The van der Waals surface area contributed by atoms with Crippen LogP contribution in [0, 0.1) is 0 Å². The van der Waals surface area contributed by atoms with E-state index in [-0.39, 0.29) is 17.9 Å². The van der Waals surface area contributed by atoms with Crippen LogP contribution in [-0.2, 0) is 11.3 Å². The van der Waals surface area contributed by atoms with E-state index in [9.17, 15) is 9.59 Å². The lowest BCUT2D eigenvalue weighted by molar-refractivity contribution is -0.116. The molecule has 0 saturated carbocycles. The molecule has 2 aromatic rings. The van der Waals surface area contributed by atoms with Gasteiger partial charge < -0.3 is 15.6 Å². The quantitative estimate of drug-likeness (QED) is 0.841. The maximum Gasteiger partial charge on any atom is 0.264 e. The van der Waals surface area contributed by atoms with Crippen LogP contribution in [0.2, 0.25) is 0 Å². The van der Waals surface area contributed by atoms with Crippen LogP contribution in [0.3, 0.4) is 0 Å². The predicted molar refractivity (Wildman–Crippen MR) is 82.5 cm³/mol. The minimum absolute atomic E-state index is 0.146. The Morgan fingerprint density at radius 1 is 1.25 bits per heavy atom. The Labute approximate surface area is 124 Å². The number of nitrogen functional groups attached to an aromatic ring is 1. The summed E-state index contributed by atoms with van der Waals surface area (Å²) in [6.45, 7) is 0.332. The maximum atomic E-state index is 11.8. The highest BCUT2D eigenvalue weighted by atomic mass is 79.9. The first-order chi connectivity index (χ1) is 9.56. The standard InChI is InChI=1S/C14H14BrN3O2/c15-12-2-1-8-18(14(12)20)9-7-13(19)17-11-5-3-10(16)4-6-11/h1-6,8H,7,9,16H2,(H,17,19). The number of carbonyl (C=O) groups excluding carboxylic acids is 1. The average Bonchev–Trinajstić information content (AvgIpc) is 2.43. The zero-order valence-electron chi connectivity index (χ0n) is 10.7. The zero-order chi connectivity index (χ0) is 14.5. The Bertz CT molecular complexity index is 665. The highest BCUT2D eigenvalue weighted by Gasteiger charge is 2.05. The first-order valence-electron chi connectivity index (χ1n) is 6.06. The number of anilines is 2. The van der Waals surface area contributed by atoms with Crippen molar-refractivity contribution in [1.29, 1.82) is 0 Å². The number of pyridine rings is 1. The molecule has 0 fully saturated rings. The van der Waals surface area contributed by atoms with E-state index in [1.165, 1.54) is 4.57 Å². The molecule has 1 aromatic heterocycles. The van der Waals surface area contributed by atoms with Crippen molar-refractivity contribution >= 4 is 33.2 Å². The molecule has 0 aliphatic carbocycles. The van der Waals surface area contributed by atoms with Gasteiger partial charge in [0, 0.05) is 30.5 Å². The number of nitrogens with two attached hydrogens (primary N) is 1. The van der Waals surface area contributed by atoms with E-state index in [2.05, 4.69) is 21.2 Å². The fraction of sp³-hybridized carbons (Fsp3) is 0.143. The van der Waals surface area contributed by atoms with Crippen LogP contribution in [0.1, 0.15) is 6.42 Å². The van der Waals surface area contributed by atoms with Crippen molar-refractivity contribution in [3.8, 4) is 0 Å². The number of carbonyl (C=O) groups is 1. The number of nitrogens with one attached hydrogen (secondary N) is 1. The number of aromatic nitrogens is 1. The third kappa shape index (κ3) is 3.71. The molecule has 1 heterocycles. The number of hydrogen-bond acceptors (Lipinski definition) is 3. The van der Waals surface area contributed by atoms with Crippen molar-refractivity contribution in [2.24, 2.45) is 0 Å². The Hall–Kier alpha value is -2.08. The van der Waals surface area contributed by atoms with Gasteiger partial charge in [-0.25, -0.2) is 0 Å². The lowest BCUT2D eigenvalue weighted by atomic mass is 10.2. The Morgan fingerprint density at radius 3 is 2.65 bits per heavy atom. The number of rotatable bonds is 4. The maximum absolute atomic E-state index is 11.8. The summed E-state index contributed by atoms with van der Waals surface area (Å²) in [4.78, 5) is 23.5. The van der Waals surface area contributed by atoms with Crippen LogP contribution in [0.15, 0.2) is 51.9 Å². The molecule has 0 aliphatic heterocycles. The highest BCUT2D eigenvalue weighted by Crippen LogP contribution is 2.10. The summed E-state index contributed by atoms with van der Waals surface area (Å²) >= 11 is 3.17. The fourth-order valence-electron chi connectivity index (χ4n) is 1.70. The SMILES string of the molecule is Nc1ccc(NC(=O)CCn2cccc(Br)c2=O)cc1. The van der Waals surface area contributed by atoms with E-state index < -0.39 is 0 Å². The van der Waals surface area contributed by atoms with Crippen LogP contribution in [-0.4, -0.2) is 10.5 Å². The third-order valence-electron chi connectivity index (χ3n) is 2.75. The number of nitrogens with zero attached hydrogens (tertiary/aromatic N) is 1. The van der Waals surface area contributed by atoms with E-state index in [4.69, 9.17) is 5.73 Å². The molecule has 0 atom stereocenters. The molecular formula is C14H14BrN3O2. The molecule has 6 heteroatoms. The van der Waals surface area contributed by atoms with Crippen molar-refractivity contribution < 1.29 is 4.79 Å². The summed E-state index contributed by atoms with van der Waals surface area (Å²) in [6.07, 6.45) is 1.88. The van der Waals surface area contributed by atoms with Gasteiger partial charge >= 0.3 is 0 Å². The summed E-state index contributed by atoms with van der Waals surface area (Å²) in [6, 6.07) is 10.3. The number of benzene rings is 1. The van der Waals surface area contributed by atoms with E-state index in [1.807, 2.05) is 0 Å². The van der Waals surface area contributed by atoms with Gasteiger partial charge in [0.1, 0.15) is 0 Å². The fourth-order valence-corrected chi connectivity index (χ4v) is 2.08. The normalized spacial score (nSPS) is 10.2. The van der Waals surface area contributed by atoms with Crippen LogP contribution < -0.4 is 16.6 Å². The summed E-state index contributed by atoms with van der Waals surface area (Å²) in [7, 11) is 0. The molecule has 1 aromatic carbocycles. The lowest BCUT2D eigenvalue weighted by Gasteiger charge is -2.07. The van der Waals surface area contributed by atoms with Crippen LogP contribution >= 0.6 is 15.9 Å². The van der Waals surface area contributed by atoms with Gasteiger partial charge in [-0.15, -0.1) is 0 Å². The molecule has 1 amide bonds. The summed E-state index contributed by atoms with van der Waals surface area (Å²) in [5, 5.41) is 2.75. The Kier molecular flexibility index (Phi) is 4.57. The third-order valence-corrected chi connectivity index (χ3v) is 3.35. The van der Waals surface area contributed by atoms with Crippen LogP contribution in [0.25, 0.3) is 0 Å². The topological polar surface area (TPSA) is 77.1 Å². The molecule has 0 unspecified atom stereocenters. The first kappa shape index (κ1) is 14.3. The van der Waals surface area contributed by atoms with Gasteiger partial charge in [0.25, 0.3) is 5.56 Å². The molecule has 0 radical (unpaired) electrons. The van der Waals surface area contributed by atoms with Gasteiger partial charge in [0.05, 0.1) is 4.47 Å². The number of hydrogen-bond donors (Lipinski definition) is 2. The second-order valence-electron chi connectivity index (χ2n) is 4.27. The molecule has 0 spiro atoms. The lowest BCUT2D eigenvalue weighted by Crippen LogP contribution is -2.23. The zero-order valence-corrected chi connectivity index (χ0v) is 12.3. The molecule has 0 aliphatic rings. The van der Waals surface area contributed by atoms with Gasteiger partial charge in [-0.1, -0.05) is 0 Å². The summed E-state index contributed by atoms with van der Waals surface area (Å²) < 4.78 is 1.98. The second kappa shape index (κ2) is 6.38. The van der Waals surface area contributed by atoms with Gasteiger partial charge in [-0.2, -0.15) is 0 Å². The molecular weight excluding hydrogens is 322 g/mol. The van der Waals surface area contributed by atoms with E-state index >= 15 is 0 Å². The number of amides is 1. The minimum atomic E-state index is -0.151. The van der Waals surface area contributed by atoms with Crippen molar-refractivity contribution in [3.05, 3.63) is 57.4 Å². The minimum Gasteiger partial charge on any atom is -0.399 e. The largest absolute Gasteiger partial charge is 0.399 e. The van der Waals surface area contributed by atoms with Crippen molar-refractivity contribution in [1.82, 2.24) is 4.57 Å². The molecule has 104 valence electrons. The smallest absolute Gasteiger partial charge is 0.264 e. The monoisotopic (exact) mass is 335 g/mol. The molecule has 20 heavy (non-hydrogen) atoms. The van der Waals surface area contributed by atoms with Gasteiger partial charge in [-0.3, -0.25) is 9.59 Å². The van der Waals surface area contributed by atoms with Crippen LogP contribution in [0.5, 0.6) is 0 Å². The average molecular weight is 336 g/mol. The van der Waals surface area contributed by atoms with E-state index in [0.29, 0.717) is 22.4 Å². The van der Waals surface area contributed by atoms with Gasteiger partial charge in [0.2, 0.25) is 5.91 Å². The van der Waals surface area contributed by atoms with Gasteiger partial charge in [0.15, 0.2) is 0 Å². The highest BCUT2D eigenvalue weighted by molar-refractivity contribution is 9.10. The predicted octanol–water partition coefficient (Wildman–Crippen LogP) is 2.22. The van der Waals surface area contributed by atoms with Gasteiger partial charge in [-0.05, 0) is 52.3 Å². The molecule has 2 rings (SSSR count). The van der Waals surface area contributed by atoms with E-state index in [0.717, 1.165) is 0 Å². The van der Waals surface area contributed by atoms with Crippen molar-refractivity contribution in [2.75, 3.05) is 11.1 Å². The Balaban J connectivity index is 1.94. The summed E-state index contributed by atoms with van der Waals surface area (Å²) in [5.41, 5.74) is 6.75. The van der Waals surface area contributed by atoms with Crippen LogP contribution in [0.4, 0.5) is 11.4 Å². The second-order valence-corrected chi connectivity index (χ2v) is 5.13. The van der Waals surface area contributed by atoms with Crippen molar-refractivity contribution in [2.45, 2.75) is 13.0 Å².